The predicted octanol–water partition coefficient (Wildman–Crippen LogP) is 2.64. The van der Waals surface area contributed by atoms with Gasteiger partial charge in [-0.2, -0.15) is 5.10 Å². The van der Waals surface area contributed by atoms with Crippen molar-refractivity contribution in [1.82, 2.24) is 15.1 Å². The summed E-state index contributed by atoms with van der Waals surface area (Å²) in [4.78, 5) is 23.4. The maximum Gasteiger partial charge on any atom is 0.251 e. The lowest BCUT2D eigenvalue weighted by atomic mass is 10.1. The molecule has 0 aliphatic carbocycles. The summed E-state index contributed by atoms with van der Waals surface area (Å²) >= 11 is 0. The lowest BCUT2D eigenvalue weighted by Crippen LogP contribution is -2.25. The highest BCUT2D eigenvalue weighted by Crippen LogP contribution is 2.13. The third-order valence-electron chi connectivity index (χ3n) is 4.34. The van der Waals surface area contributed by atoms with Crippen LogP contribution in [-0.4, -0.2) is 28.1 Å². The van der Waals surface area contributed by atoms with Crippen LogP contribution in [0.25, 0.3) is 5.69 Å². The van der Waals surface area contributed by atoms with Crippen LogP contribution >= 0.6 is 0 Å². The first-order chi connectivity index (χ1) is 13.0. The number of hydrogen-bond donors (Lipinski definition) is 2. The number of nitrogens with one attached hydrogen (secondary N) is 1. The van der Waals surface area contributed by atoms with Crippen LogP contribution in [0.3, 0.4) is 0 Å². The Labute approximate surface area is 158 Å². The number of hydrogen-bond acceptors (Lipinski definition) is 3. The topological polar surface area (TPSA) is 90.0 Å². The number of amides is 2. The number of primary amides is 1. The first kappa shape index (κ1) is 18.4. The van der Waals surface area contributed by atoms with Crippen LogP contribution in [0.15, 0.2) is 60.8 Å². The zero-order valence-corrected chi connectivity index (χ0v) is 15.2. The molecule has 2 aromatic carbocycles. The number of benzene rings is 2. The van der Waals surface area contributed by atoms with Gasteiger partial charge in [-0.15, -0.1) is 0 Å². The molecule has 27 heavy (non-hydrogen) atoms. The number of para-hydroxylation sites is 1. The average Bonchev–Trinajstić information content (AvgIpc) is 3.06. The highest BCUT2D eigenvalue weighted by atomic mass is 16.2. The lowest BCUT2D eigenvalue weighted by Gasteiger charge is -2.06. The molecule has 6 heteroatoms. The second-order valence-electron chi connectivity index (χ2n) is 6.32. The monoisotopic (exact) mass is 362 g/mol. The van der Waals surface area contributed by atoms with Crippen molar-refractivity contribution in [3.63, 3.8) is 0 Å². The third kappa shape index (κ3) is 4.61. The molecule has 0 aliphatic heterocycles. The number of rotatable bonds is 7. The summed E-state index contributed by atoms with van der Waals surface area (Å²) in [6.45, 7) is 2.53. The van der Waals surface area contributed by atoms with Gasteiger partial charge in [0.05, 0.1) is 11.4 Å². The van der Waals surface area contributed by atoms with E-state index in [1.54, 1.807) is 18.2 Å². The third-order valence-corrected chi connectivity index (χ3v) is 4.34. The molecular formula is C21H22N4O2. The molecule has 0 aliphatic rings. The summed E-state index contributed by atoms with van der Waals surface area (Å²) in [6, 6.07) is 16.4. The van der Waals surface area contributed by atoms with E-state index in [0.717, 1.165) is 29.8 Å². The van der Waals surface area contributed by atoms with E-state index in [1.165, 1.54) is 6.07 Å². The fourth-order valence-electron chi connectivity index (χ4n) is 2.85. The summed E-state index contributed by atoms with van der Waals surface area (Å²) < 4.78 is 1.87. The van der Waals surface area contributed by atoms with Gasteiger partial charge in [0.15, 0.2) is 0 Å². The van der Waals surface area contributed by atoms with E-state index >= 15 is 0 Å². The number of aryl methyl sites for hydroxylation is 2. The molecule has 6 nitrogen and oxygen atoms in total. The molecule has 3 N–H and O–H groups in total. The molecule has 0 saturated carbocycles. The van der Waals surface area contributed by atoms with Crippen LogP contribution < -0.4 is 11.1 Å². The summed E-state index contributed by atoms with van der Waals surface area (Å²) in [5.41, 5.74) is 9.17. The van der Waals surface area contributed by atoms with Gasteiger partial charge in [-0.25, -0.2) is 4.68 Å². The van der Waals surface area contributed by atoms with Crippen molar-refractivity contribution in [2.75, 3.05) is 6.54 Å². The Morgan fingerprint density at radius 2 is 1.81 bits per heavy atom. The summed E-state index contributed by atoms with van der Waals surface area (Å²) in [7, 11) is 0. The molecule has 1 heterocycles. The van der Waals surface area contributed by atoms with E-state index in [-0.39, 0.29) is 5.91 Å². The number of nitrogens with zero attached hydrogens (tertiary/aromatic N) is 2. The summed E-state index contributed by atoms with van der Waals surface area (Å²) in [6.07, 6.45) is 3.64. The van der Waals surface area contributed by atoms with Crippen LogP contribution in [0.4, 0.5) is 0 Å². The van der Waals surface area contributed by atoms with Gasteiger partial charge >= 0.3 is 0 Å². The Kier molecular flexibility index (Phi) is 5.66. The van der Waals surface area contributed by atoms with E-state index in [4.69, 9.17) is 5.73 Å². The summed E-state index contributed by atoms with van der Waals surface area (Å²) in [5, 5.41) is 7.43. The van der Waals surface area contributed by atoms with Gasteiger partial charge in [0.1, 0.15) is 0 Å². The first-order valence-electron chi connectivity index (χ1n) is 8.83. The number of carbonyl (C=O) groups is 2. The highest BCUT2D eigenvalue weighted by Gasteiger charge is 2.09. The van der Waals surface area contributed by atoms with Crippen LogP contribution in [-0.2, 0) is 6.42 Å². The average molecular weight is 362 g/mol. The minimum atomic E-state index is -0.546. The van der Waals surface area contributed by atoms with Crippen LogP contribution in [0.2, 0.25) is 0 Å². The fraction of sp³-hybridized carbons (Fsp3) is 0.190. The minimum absolute atomic E-state index is 0.213. The Balaban J connectivity index is 1.53. The fourth-order valence-corrected chi connectivity index (χ4v) is 2.85. The Morgan fingerprint density at radius 3 is 2.56 bits per heavy atom. The molecule has 138 valence electrons. The first-order valence-corrected chi connectivity index (χ1v) is 8.83. The molecule has 0 saturated heterocycles. The van der Waals surface area contributed by atoms with Gasteiger partial charge in [-0.05, 0) is 55.7 Å². The molecule has 0 spiro atoms. The molecule has 3 aromatic rings. The molecular weight excluding hydrogens is 340 g/mol. The van der Waals surface area contributed by atoms with E-state index in [2.05, 4.69) is 10.4 Å². The quantitative estimate of drug-likeness (QED) is 0.633. The lowest BCUT2D eigenvalue weighted by molar-refractivity contribution is 0.0953. The van der Waals surface area contributed by atoms with Gasteiger partial charge in [0, 0.05) is 23.9 Å². The van der Waals surface area contributed by atoms with Crippen LogP contribution in [0, 0.1) is 6.92 Å². The Bertz CT molecular complexity index is 948. The van der Waals surface area contributed by atoms with Gasteiger partial charge in [-0.3, -0.25) is 9.59 Å². The Hall–Kier alpha value is -3.41. The van der Waals surface area contributed by atoms with Gasteiger partial charge in [0.2, 0.25) is 5.91 Å². The number of carbonyl (C=O) groups excluding carboxylic acids is 2. The van der Waals surface area contributed by atoms with Gasteiger partial charge < -0.3 is 11.1 Å². The largest absolute Gasteiger partial charge is 0.366 e. The predicted molar refractivity (Wildman–Crippen MR) is 104 cm³/mol. The molecule has 0 fully saturated rings. The van der Waals surface area contributed by atoms with Crippen molar-refractivity contribution in [1.29, 1.82) is 0 Å². The van der Waals surface area contributed by atoms with E-state index in [1.807, 2.05) is 48.1 Å². The zero-order valence-electron chi connectivity index (χ0n) is 15.2. The normalized spacial score (nSPS) is 10.6. The van der Waals surface area contributed by atoms with Gasteiger partial charge in [0.25, 0.3) is 5.91 Å². The smallest absolute Gasteiger partial charge is 0.251 e. The molecule has 0 bridgehead atoms. The molecule has 0 atom stereocenters. The van der Waals surface area contributed by atoms with Crippen molar-refractivity contribution >= 4 is 11.8 Å². The number of nitrogens with two attached hydrogens (primary N) is 1. The highest BCUT2D eigenvalue weighted by molar-refractivity contribution is 5.99. The van der Waals surface area contributed by atoms with Crippen molar-refractivity contribution in [3.05, 3.63) is 83.2 Å². The SMILES string of the molecule is Cc1nn(-c2ccccc2)cc1CCCNC(=O)c1cccc(C(N)=O)c1. The molecule has 2 amide bonds. The van der Waals surface area contributed by atoms with Crippen molar-refractivity contribution in [2.24, 2.45) is 5.73 Å². The Morgan fingerprint density at radius 1 is 1.07 bits per heavy atom. The number of aromatic nitrogens is 2. The van der Waals surface area contributed by atoms with Crippen molar-refractivity contribution < 1.29 is 9.59 Å². The van der Waals surface area contributed by atoms with E-state index in [0.29, 0.717) is 17.7 Å². The summed E-state index contributed by atoms with van der Waals surface area (Å²) in [5.74, 6) is -0.759. The second kappa shape index (κ2) is 8.31. The van der Waals surface area contributed by atoms with Crippen molar-refractivity contribution in [3.8, 4) is 5.69 Å². The molecule has 3 rings (SSSR count). The second-order valence-corrected chi connectivity index (χ2v) is 6.32. The van der Waals surface area contributed by atoms with Gasteiger partial charge in [-0.1, -0.05) is 24.3 Å². The van der Waals surface area contributed by atoms with Crippen LogP contribution in [0.1, 0.15) is 38.4 Å². The molecule has 0 radical (unpaired) electrons. The standard InChI is InChI=1S/C21H22N4O2/c1-15-18(14-25(24-15)19-10-3-2-4-11-19)9-6-12-23-21(27)17-8-5-7-16(13-17)20(22)26/h2-5,7-8,10-11,13-14H,6,9,12H2,1H3,(H2,22,26)(H,23,27). The zero-order chi connectivity index (χ0) is 19.2. The molecule has 1 aromatic heterocycles. The maximum absolute atomic E-state index is 12.2. The maximum atomic E-state index is 12.2. The van der Waals surface area contributed by atoms with E-state index in [9.17, 15) is 9.59 Å². The molecule has 0 unspecified atom stereocenters. The van der Waals surface area contributed by atoms with E-state index < -0.39 is 5.91 Å². The minimum Gasteiger partial charge on any atom is -0.366 e. The van der Waals surface area contributed by atoms with Crippen molar-refractivity contribution in [2.45, 2.75) is 19.8 Å². The van der Waals surface area contributed by atoms with Crippen LogP contribution in [0.5, 0.6) is 0 Å².